The molecule has 41 heavy (non-hydrogen) atoms. The Balaban J connectivity index is 1.74. The zero-order valence-corrected chi connectivity index (χ0v) is 23.6. The fourth-order valence-corrected chi connectivity index (χ4v) is 3.29. The van der Waals surface area contributed by atoms with Crippen molar-refractivity contribution >= 4 is 24.0 Å². The maximum Gasteiger partial charge on any atom is 0.338 e. The van der Waals surface area contributed by atoms with Gasteiger partial charge in [0.05, 0.1) is 0 Å². The molecule has 3 aromatic rings. The Labute approximate surface area is 240 Å². The molecule has 0 heterocycles. The zero-order chi connectivity index (χ0) is 29.9. The summed E-state index contributed by atoms with van der Waals surface area (Å²) < 4.78 is 21.9. The number of hydrogen-bond donors (Lipinski definition) is 0. The molecule has 3 aromatic carbocycles. The van der Waals surface area contributed by atoms with E-state index >= 15 is 0 Å². The second-order valence-corrected chi connectivity index (χ2v) is 9.17. The molecule has 0 atom stereocenters. The molecule has 7 nitrogen and oxygen atoms in total. The van der Waals surface area contributed by atoms with Crippen LogP contribution >= 0.6 is 0 Å². The molecule has 0 aliphatic rings. The standard InChI is InChI=1S/C34H32O7/c1-7-24(6)34(37)41-31-21-25(9-8-20-38-27-15-17-29(18-16-27)40-33(36)23(4)5)10-19-30(31)26-11-13-28(14-12-26)39-32(35)22(2)3/h7-19,21H,2,4,20H2,1,3,5-6H3/b9-8+,24-7+. The van der Waals surface area contributed by atoms with Crippen LogP contribution in [0.4, 0.5) is 0 Å². The highest BCUT2D eigenvalue weighted by molar-refractivity contribution is 5.91. The van der Waals surface area contributed by atoms with E-state index in [1.165, 1.54) is 0 Å². The Hall–Kier alpha value is -5.17. The number of allylic oxidation sites excluding steroid dienone is 1. The molecule has 3 rings (SSSR count). The van der Waals surface area contributed by atoms with Crippen LogP contribution in [0.15, 0.2) is 109 Å². The Bertz CT molecular complexity index is 1510. The van der Waals surface area contributed by atoms with Gasteiger partial charge in [-0.25, -0.2) is 14.4 Å². The first-order valence-electron chi connectivity index (χ1n) is 12.8. The van der Waals surface area contributed by atoms with Gasteiger partial charge >= 0.3 is 17.9 Å². The Kier molecular flexibility index (Phi) is 10.6. The summed E-state index contributed by atoms with van der Waals surface area (Å²) in [4.78, 5) is 36.0. The molecule has 7 heteroatoms. The fraction of sp³-hybridized carbons (Fsp3) is 0.147. The van der Waals surface area contributed by atoms with Gasteiger partial charge < -0.3 is 18.9 Å². The van der Waals surface area contributed by atoms with Crippen molar-refractivity contribution in [2.45, 2.75) is 27.7 Å². The molecule has 0 amide bonds. The van der Waals surface area contributed by atoms with Gasteiger partial charge in [-0.15, -0.1) is 0 Å². The van der Waals surface area contributed by atoms with Crippen molar-refractivity contribution in [3.63, 3.8) is 0 Å². The largest absolute Gasteiger partial charge is 0.490 e. The van der Waals surface area contributed by atoms with E-state index in [1.54, 1.807) is 88.4 Å². The number of carbonyl (C=O) groups is 3. The van der Waals surface area contributed by atoms with E-state index in [-0.39, 0.29) is 6.61 Å². The van der Waals surface area contributed by atoms with Crippen LogP contribution in [-0.2, 0) is 14.4 Å². The van der Waals surface area contributed by atoms with Crippen molar-refractivity contribution in [3.8, 4) is 34.1 Å². The van der Waals surface area contributed by atoms with Gasteiger partial charge in [0.15, 0.2) is 0 Å². The Morgan fingerprint density at radius 1 is 0.707 bits per heavy atom. The summed E-state index contributed by atoms with van der Waals surface area (Å²) in [5, 5.41) is 0. The van der Waals surface area contributed by atoms with E-state index in [1.807, 2.05) is 24.3 Å². The van der Waals surface area contributed by atoms with Gasteiger partial charge in [0, 0.05) is 22.3 Å². The average molecular weight is 553 g/mol. The van der Waals surface area contributed by atoms with Crippen molar-refractivity contribution in [3.05, 3.63) is 114 Å². The monoisotopic (exact) mass is 552 g/mol. The van der Waals surface area contributed by atoms with E-state index in [0.717, 1.165) is 11.1 Å². The summed E-state index contributed by atoms with van der Waals surface area (Å²) in [6, 6.07) is 19.1. The van der Waals surface area contributed by atoms with E-state index in [9.17, 15) is 14.4 Å². The Morgan fingerprint density at radius 3 is 1.78 bits per heavy atom. The molecule has 0 saturated heterocycles. The second kappa shape index (κ2) is 14.3. The molecule has 210 valence electrons. The van der Waals surface area contributed by atoms with Crippen molar-refractivity contribution in [2.24, 2.45) is 0 Å². The maximum absolute atomic E-state index is 12.6. The van der Waals surface area contributed by atoms with E-state index in [0.29, 0.717) is 45.3 Å². The van der Waals surface area contributed by atoms with Crippen LogP contribution in [0.5, 0.6) is 23.0 Å². The first kappa shape index (κ1) is 30.4. The summed E-state index contributed by atoms with van der Waals surface area (Å²) >= 11 is 0. The SMILES string of the molecule is C=C(C)C(=O)Oc1ccc(OC/C=C/c2ccc(-c3ccc(OC(=O)C(=C)C)cc3)c(OC(=O)/C(C)=C/C)c2)cc1. The van der Waals surface area contributed by atoms with Crippen LogP contribution in [-0.4, -0.2) is 24.5 Å². The summed E-state index contributed by atoms with van der Waals surface area (Å²) in [5.74, 6) is 0.323. The lowest BCUT2D eigenvalue weighted by Crippen LogP contribution is -2.10. The quantitative estimate of drug-likeness (QED) is 0.140. The van der Waals surface area contributed by atoms with Crippen LogP contribution in [0.1, 0.15) is 33.3 Å². The van der Waals surface area contributed by atoms with Crippen LogP contribution in [0.3, 0.4) is 0 Å². The van der Waals surface area contributed by atoms with E-state index in [4.69, 9.17) is 18.9 Å². The molecule has 0 aliphatic heterocycles. The molecule has 0 N–H and O–H groups in total. The second-order valence-electron chi connectivity index (χ2n) is 9.17. The molecule has 0 spiro atoms. The molecule has 0 aliphatic carbocycles. The molecular formula is C34H32O7. The van der Waals surface area contributed by atoms with Crippen LogP contribution in [0.2, 0.25) is 0 Å². The zero-order valence-electron chi connectivity index (χ0n) is 23.6. The minimum absolute atomic E-state index is 0.282. The molecule has 0 fully saturated rings. The number of hydrogen-bond acceptors (Lipinski definition) is 7. The Morgan fingerprint density at radius 2 is 1.24 bits per heavy atom. The van der Waals surface area contributed by atoms with Crippen LogP contribution < -0.4 is 18.9 Å². The number of carbonyl (C=O) groups excluding carboxylic acids is 3. The summed E-state index contributed by atoms with van der Waals surface area (Å²) in [7, 11) is 0. The molecule has 0 bridgehead atoms. The first-order chi connectivity index (χ1) is 19.6. The van der Waals surface area contributed by atoms with Gasteiger partial charge in [0.25, 0.3) is 0 Å². The van der Waals surface area contributed by atoms with E-state index in [2.05, 4.69) is 13.2 Å². The topological polar surface area (TPSA) is 88.1 Å². The highest BCUT2D eigenvalue weighted by atomic mass is 16.5. The fourth-order valence-electron chi connectivity index (χ4n) is 3.29. The van der Waals surface area contributed by atoms with Gasteiger partial charge in [-0.2, -0.15) is 0 Å². The van der Waals surface area contributed by atoms with Gasteiger partial charge in [-0.1, -0.05) is 49.6 Å². The smallest absolute Gasteiger partial charge is 0.338 e. The number of rotatable bonds is 11. The summed E-state index contributed by atoms with van der Waals surface area (Å²) in [6.45, 7) is 14.0. The minimum Gasteiger partial charge on any atom is -0.490 e. The third kappa shape index (κ3) is 8.93. The van der Waals surface area contributed by atoms with Crippen molar-refractivity contribution in [1.29, 1.82) is 0 Å². The number of ether oxygens (including phenoxy) is 4. The van der Waals surface area contributed by atoms with Crippen molar-refractivity contribution < 1.29 is 33.3 Å². The van der Waals surface area contributed by atoms with Gasteiger partial charge in [0.2, 0.25) is 0 Å². The lowest BCUT2D eigenvalue weighted by Gasteiger charge is -2.12. The number of benzene rings is 3. The highest BCUT2D eigenvalue weighted by Crippen LogP contribution is 2.33. The normalized spacial score (nSPS) is 11.1. The lowest BCUT2D eigenvalue weighted by molar-refractivity contribution is -0.131. The van der Waals surface area contributed by atoms with Gasteiger partial charge in [0.1, 0.15) is 29.6 Å². The van der Waals surface area contributed by atoms with Crippen molar-refractivity contribution in [2.75, 3.05) is 6.61 Å². The predicted octanol–water partition coefficient (Wildman–Crippen LogP) is 7.28. The average Bonchev–Trinajstić information content (AvgIpc) is 2.96. The minimum atomic E-state index is -0.504. The van der Waals surface area contributed by atoms with Crippen molar-refractivity contribution in [1.82, 2.24) is 0 Å². The van der Waals surface area contributed by atoms with Gasteiger partial charge in [-0.3, -0.25) is 0 Å². The molecule has 0 aromatic heterocycles. The van der Waals surface area contributed by atoms with Gasteiger partial charge in [-0.05, 0) is 87.4 Å². The number of esters is 3. The molecule has 0 unspecified atom stereocenters. The third-order valence-corrected chi connectivity index (χ3v) is 5.73. The molecule has 0 saturated carbocycles. The third-order valence-electron chi connectivity index (χ3n) is 5.73. The maximum atomic E-state index is 12.6. The first-order valence-corrected chi connectivity index (χ1v) is 12.8. The lowest BCUT2D eigenvalue weighted by atomic mass is 10.0. The summed E-state index contributed by atoms with van der Waals surface area (Å²) in [5.41, 5.74) is 3.37. The molecule has 0 radical (unpaired) electrons. The predicted molar refractivity (Wildman–Crippen MR) is 159 cm³/mol. The van der Waals surface area contributed by atoms with E-state index < -0.39 is 17.9 Å². The van der Waals surface area contributed by atoms with Crippen LogP contribution in [0, 0.1) is 0 Å². The summed E-state index contributed by atoms with van der Waals surface area (Å²) in [6.07, 6.45) is 5.37. The van der Waals surface area contributed by atoms with Crippen LogP contribution in [0.25, 0.3) is 17.2 Å². The molecular weight excluding hydrogens is 520 g/mol. The highest BCUT2D eigenvalue weighted by Gasteiger charge is 2.14.